The van der Waals surface area contributed by atoms with E-state index in [9.17, 15) is 18.8 Å². The van der Waals surface area contributed by atoms with E-state index in [2.05, 4.69) is 22.6 Å². The number of urea groups is 1. The Morgan fingerprint density at radius 1 is 1.11 bits per heavy atom. The predicted octanol–water partition coefficient (Wildman–Crippen LogP) is 2.78. The van der Waals surface area contributed by atoms with Gasteiger partial charge in [0, 0.05) is 15.6 Å². The summed E-state index contributed by atoms with van der Waals surface area (Å²) in [7, 11) is 1.49. The molecule has 0 saturated carbocycles. The molecule has 1 aliphatic heterocycles. The molecule has 1 saturated heterocycles. The first kappa shape index (κ1) is 19.0. The minimum absolute atomic E-state index is 0.186. The molecule has 27 heavy (non-hydrogen) atoms. The van der Waals surface area contributed by atoms with Crippen molar-refractivity contribution in [2.24, 2.45) is 0 Å². The number of nitrogens with one attached hydrogen (secondary N) is 2. The average Bonchev–Trinajstić information content (AvgIpc) is 2.61. The monoisotopic (exact) mass is 480 g/mol. The summed E-state index contributed by atoms with van der Waals surface area (Å²) in [5.41, 5.74) is 1.68. The van der Waals surface area contributed by atoms with Crippen LogP contribution in [0.3, 0.4) is 0 Å². The van der Waals surface area contributed by atoms with Crippen molar-refractivity contribution in [3.63, 3.8) is 0 Å². The molecule has 6 nitrogen and oxygen atoms in total. The van der Waals surface area contributed by atoms with E-state index in [1.807, 2.05) is 10.6 Å². The van der Waals surface area contributed by atoms with Crippen molar-refractivity contribution in [2.75, 3.05) is 7.11 Å². The van der Waals surface area contributed by atoms with Crippen LogP contribution in [0.1, 0.15) is 16.7 Å². The molecule has 138 valence electrons. The van der Waals surface area contributed by atoms with E-state index in [0.29, 0.717) is 23.3 Å². The molecular formula is C19H14FIN2O4. The van der Waals surface area contributed by atoms with Crippen LogP contribution in [-0.4, -0.2) is 25.0 Å². The van der Waals surface area contributed by atoms with Crippen LogP contribution in [0.4, 0.5) is 9.18 Å². The summed E-state index contributed by atoms with van der Waals surface area (Å²) in [6.07, 6.45) is 1.70. The SMILES string of the molecule is COc1cc(C=C2C(=O)NC(=O)NC2=O)cc(I)c1Cc1ccccc1F. The molecule has 0 unspecified atom stereocenters. The van der Waals surface area contributed by atoms with E-state index in [0.717, 1.165) is 9.13 Å². The maximum Gasteiger partial charge on any atom is 0.328 e. The molecule has 0 bridgehead atoms. The number of carbonyl (C=O) groups excluding carboxylic acids is 3. The van der Waals surface area contributed by atoms with Gasteiger partial charge in [0.05, 0.1) is 7.11 Å². The highest BCUT2D eigenvalue weighted by Crippen LogP contribution is 2.30. The lowest BCUT2D eigenvalue weighted by Crippen LogP contribution is -2.51. The zero-order chi connectivity index (χ0) is 19.6. The summed E-state index contributed by atoms with van der Waals surface area (Å²) in [6.45, 7) is 0. The molecule has 0 aromatic heterocycles. The molecule has 1 fully saturated rings. The van der Waals surface area contributed by atoms with Gasteiger partial charge in [0.15, 0.2) is 0 Å². The Labute approximate surface area is 167 Å². The van der Waals surface area contributed by atoms with Crippen molar-refractivity contribution in [1.82, 2.24) is 10.6 Å². The smallest absolute Gasteiger partial charge is 0.328 e. The Balaban J connectivity index is 1.98. The van der Waals surface area contributed by atoms with Crippen LogP contribution in [0.5, 0.6) is 5.75 Å². The maximum atomic E-state index is 14.0. The molecule has 0 spiro atoms. The van der Waals surface area contributed by atoms with E-state index in [1.54, 1.807) is 30.3 Å². The van der Waals surface area contributed by atoms with Crippen molar-refractivity contribution in [3.8, 4) is 5.75 Å². The van der Waals surface area contributed by atoms with Gasteiger partial charge in [0.2, 0.25) is 0 Å². The highest BCUT2D eigenvalue weighted by atomic mass is 127. The van der Waals surface area contributed by atoms with Gasteiger partial charge in [-0.25, -0.2) is 9.18 Å². The first-order chi connectivity index (χ1) is 12.9. The molecule has 0 atom stereocenters. The van der Waals surface area contributed by atoms with Crippen LogP contribution in [-0.2, 0) is 16.0 Å². The Kier molecular flexibility index (Phi) is 5.54. The first-order valence-corrected chi connectivity index (χ1v) is 8.95. The van der Waals surface area contributed by atoms with Gasteiger partial charge in [-0.3, -0.25) is 20.2 Å². The van der Waals surface area contributed by atoms with Crippen LogP contribution >= 0.6 is 22.6 Å². The molecule has 4 amide bonds. The van der Waals surface area contributed by atoms with Crippen LogP contribution in [0.25, 0.3) is 6.08 Å². The van der Waals surface area contributed by atoms with Gasteiger partial charge in [-0.15, -0.1) is 0 Å². The molecule has 2 aromatic carbocycles. The van der Waals surface area contributed by atoms with Crippen molar-refractivity contribution in [3.05, 3.63) is 68.0 Å². The number of barbiturate groups is 1. The fraction of sp³-hybridized carbons (Fsp3) is 0.105. The number of benzene rings is 2. The number of amides is 4. The minimum atomic E-state index is -0.852. The van der Waals surface area contributed by atoms with E-state index in [1.165, 1.54) is 19.3 Å². The summed E-state index contributed by atoms with van der Waals surface area (Å²) in [5, 5.41) is 4.04. The molecule has 8 heteroatoms. The van der Waals surface area contributed by atoms with Gasteiger partial charge >= 0.3 is 6.03 Å². The summed E-state index contributed by atoms with van der Waals surface area (Å²) in [4.78, 5) is 34.9. The number of hydrogen-bond acceptors (Lipinski definition) is 4. The highest BCUT2D eigenvalue weighted by Gasteiger charge is 2.27. The van der Waals surface area contributed by atoms with Crippen molar-refractivity contribution in [2.45, 2.75) is 6.42 Å². The van der Waals surface area contributed by atoms with Gasteiger partial charge in [-0.2, -0.15) is 0 Å². The third-order valence-corrected chi connectivity index (χ3v) is 4.94. The minimum Gasteiger partial charge on any atom is -0.496 e. The third kappa shape index (κ3) is 4.16. The molecule has 0 radical (unpaired) electrons. The second kappa shape index (κ2) is 7.87. The fourth-order valence-electron chi connectivity index (χ4n) is 2.67. The molecule has 1 heterocycles. The van der Waals surface area contributed by atoms with Gasteiger partial charge in [-0.1, -0.05) is 18.2 Å². The number of carbonyl (C=O) groups is 3. The van der Waals surface area contributed by atoms with Gasteiger partial charge < -0.3 is 4.74 Å². The molecule has 2 N–H and O–H groups in total. The average molecular weight is 480 g/mol. The fourth-order valence-corrected chi connectivity index (χ4v) is 3.49. The Bertz CT molecular complexity index is 966. The summed E-state index contributed by atoms with van der Waals surface area (Å²) < 4.78 is 20.2. The van der Waals surface area contributed by atoms with E-state index >= 15 is 0 Å². The number of imide groups is 2. The van der Waals surface area contributed by atoms with E-state index in [4.69, 9.17) is 4.74 Å². The molecule has 0 aliphatic carbocycles. The zero-order valence-electron chi connectivity index (χ0n) is 14.1. The highest BCUT2D eigenvalue weighted by molar-refractivity contribution is 14.1. The lowest BCUT2D eigenvalue weighted by atomic mass is 10.0. The second-order valence-electron chi connectivity index (χ2n) is 5.75. The van der Waals surface area contributed by atoms with Gasteiger partial charge in [-0.05, 0) is 58.0 Å². The number of methoxy groups -OCH3 is 1. The molecule has 2 aromatic rings. The standard InChI is InChI=1S/C19H14FIN2O4/c1-27-16-8-10(6-13-17(24)22-19(26)23-18(13)25)7-15(21)12(16)9-11-4-2-3-5-14(11)20/h2-8H,9H2,1H3,(H2,22,23,24,25,26). The topological polar surface area (TPSA) is 84.5 Å². The number of halogens is 2. The summed E-state index contributed by atoms with van der Waals surface area (Å²) in [5.74, 6) is -1.34. The molecule has 3 rings (SSSR count). The van der Waals surface area contributed by atoms with E-state index in [-0.39, 0.29) is 11.4 Å². The number of rotatable bonds is 4. The van der Waals surface area contributed by atoms with Crippen LogP contribution in [0.2, 0.25) is 0 Å². The third-order valence-electron chi connectivity index (χ3n) is 3.98. The van der Waals surface area contributed by atoms with Crippen LogP contribution < -0.4 is 15.4 Å². The normalized spacial score (nSPS) is 13.9. The maximum absolute atomic E-state index is 14.0. The summed E-state index contributed by atoms with van der Waals surface area (Å²) >= 11 is 2.09. The van der Waals surface area contributed by atoms with Crippen molar-refractivity contribution < 1.29 is 23.5 Å². The second-order valence-corrected chi connectivity index (χ2v) is 6.91. The lowest BCUT2D eigenvalue weighted by Gasteiger charge is -2.15. The van der Waals surface area contributed by atoms with E-state index < -0.39 is 17.8 Å². The zero-order valence-corrected chi connectivity index (χ0v) is 16.3. The van der Waals surface area contributed by atoms with Crippen molar-refractivity contribution >= 4 is 46.5 Å². The van der Waals surface area contributed by atoms with Gasteiger partial charge in [0.1, 0.15) is 17.1 Å². The number of ether oxygens (including phenoxy) is 1. The van der Waals surface area contributed by atoms with Crippen LogP contribution in [0.15, 0.2) is 42.0 Å². The Morgan fingerprint density at radius 2 is 1.78 bits per heavy atom. The first-order valence-electron chi connectivity index (χ1n) is 7.87. The quantitative estimate of drug-likeness (QED) is 0.401. The summed E-state index contributed by atoms with van der Waals surface area (Å²) in [6, 6.07) is 9.05. The van der Waals surface area contributed by atoms with Crippen LogP contribution in [0, 0.1) is 9.39 Å². The Morgan fingerprint density at radius 3 is 2.41 bits per heavy atom. The Hall–Kier alpha value is -2.75. The lowest BCUT2D eigenvalue weighted by molar-refractivity contribution is -0.123. The van der Waals surface area contributed by atoms with Crippen molar-refractivity contribution in [1.29, 1.82) is 0 Å². The largest absolute Gasteiger partial charge is 0.496 e. The van der Waals surface area contributed by atoms with Gasteiger partial charge in [0.25, 0.3) is 11.8 Å². The predicted molar refractivity (Wildman–Crippen MR) is 105 cm³/mol. The molecular weight excluding hydrogens is 466 g/mol. The molecule has 1 aliphatic rings. The number of hydrogen-bond donors (Lipinski definition) is 2.